The smallest absolute Gasteiger partial charge is 0.326 e. The van der Waals surface area contributed by atoms with Crippen molar-refractivity contribution in [3.8, 4) is 0 Å². The minimum Gasteiger partial charge on any atom is -0.480 e. The molecule has 0 aromatic heterocycles. The maximum atomic E-state index is 12.9. The molecule has 0 aliphatic carbocycles. The second-order valence-electron chi connectivity index (χ2n) is 8.33. The van der Waals surface area contributed by atoms with E-state index in [-0.39, 0.29) is 31.3 Å². The SMILES string of the molecule is CCC(C)C(N)C(=O)NC(CC(N)=O)C(=O)NC(CCSC)C(=O)NC(CCCN=C(N)N)C(=O)O. The number of nitrogens with two attached hydrogens (primary N) is 4. The van der Waals surface area contributed by atoms with Crippen molar-refractivity contribution < 1.29 is 29.1 Å². The van der Waals surface area contributed by atoms with Crippen LogP contribution in [0.3, 0.4) is 0 Å². The number of amides is 4. The van der Waals surface area contributed by atoms with Crippen molar-refractivity contribution in [2.45, 2.75) is 70.1 Å². The number of carbonyl (C=O) groups excluding carboxylic acids is 4. The van der Waals surface area contributed by atoms with Gasteiger partial charge in [-0.25, -0.2) is 4.79 Å². The first-order valence-electron chi connectivity index (χ1n) is 11.6. The molecule has 206 valence electrons. The fourth-order valence-corrected chi connectivity index (χ4v) is 3.47. The van der Waals surface area contributed by atoms with Gasteiger partial charge in [-0.05, 0) is 37.2 Å². The number of hydrogen-bond donors (Lipinski definition) is 8. The number of carboxylic acids is 1. The highest BCUT2D eigenvalue weighted by molar-refractivity contribution is 7.98. The van der Waals surface area contributed by atoms with Crippen molar-refractivity contribution in [1.82, 2.24) is 16.0 Å². The van der Waals surface area contributed by atoms with Crippen molar-refractivity contribution in [1.29, 1.82) is 0 Å². The van der Waals surface area contributed by atoms with Gasteiger partial charge in [-0.15, -0.1) is 0 Å². The molecular formula is C21H40N8O6S. The van der Waals surface area contributed by atoms with E-state index in [4.69, 9.17) is 22.9 Å². The molecule has 0 radical (unpaired) electrons. The summed E-state index contributed by atoms with van der Waals surface area (Å²) in [6, 6.07) is -4.64. The van der Waals surface area contributed by atoms with Crippen LogP contribution in [0.5, 0.6) is 0 Å². The minimum absolute atomic E-state index is 0.0505. The second-order valence-corrected chi connectivity index (χ2v) is 9.32. The van der Waals surface area contributed by atoms with Crippen molar-refractivity contribution >= 4 is 47.3 Å². The molecule has 0 fully saturated rings. The summed E-state index contributed by atoms with van der Waals surface area (Å²) in [5.74, 6) is -4.14. The van der Waals surface area contributed by atoms with Gasteiger partial charge in [-0.1, -0.05) is 20.3 Å². The molecule has 0 aliphatic heterocycles. The number of rotatable bonds is 18. The van der Waals surface area contributed by atoms with Crippen LogP contribution in [-0.4, -0.2) is 83.4 Å². The average Bonchev–Trinajstić information content (AvgIpc) is 2.80. The van der Waals surface area contributed by atoms with Gasteiger partial charge >= 0.3 is 5.97 Å². The third-order valence-corrected chi connectivity index (χ3v) is 6.05. The number of thioether (sulfide) groups is 1. The summed E-state index contributed by atoms with van der Waals surface area (Å²) in [6.07, 6.45) is 2.42. The summed E-state index contributed by atoms with van der Waals surface area (Å²) < 4.78 is 0. The van der Waals surface area contributed by atoms with E-state index < -0.39 is 60.2 Å². The molecule has 0 aliphatic rings. The fourth-order valence-electron chi connectivity index (χ4n) is 3.00. The predicted molar refractivity (Wildman–Crippen MR) is 138 cm³/mol. The highest BCUT2D eigenvalue weighted by atomic mass is 32.2. The summed E-state index contributed by atoms with van der Waals surface area (Å²) in [5, 5.41) is 16.8. The summed E-state index contributed by atoms with van der Waals surface area (Å²) in [4.78, 5) is 65.2. The highest BCUT2D eigenvalue weighted by Crippen LogP contribution is 2.08. The lowest BCUT2D eigenvalue weighted by molar-refractivity contribution is -0.142. The van der Waals surface area contributed by atoms with Crippen LogP contribution in [0.1, 0.15) is 46.0 Å². The molecule has 0 saturated heterocycles. The van der Waals surface area contributed by atoms with E-state index in [0.717, 1.165) is 0 Å². The quantitative estimate of drug-likeness (QED) is 0.0526. The van der Waals surface area contributed by atoms with E-state index in [1.165, 1.54) is 11.8 Å². The standard InChI is InChI=1S/C21H40N8O6S/c1-4-11(2)16(23)19(33)29-14(10-15(22)30)18(32)27-12(7-9-36-3)17(31)28-13(20(34)35)6-5-8-26-21(24)25/h11-14,16H,4-10,23H2,1-3H3,(H2,22,30)(H,27,32)(H,28,31)(H,29,33)(H,34,35)(H4,24,25,26). The van der Waals surface area contributed by atoms with Crippen LogP contribution < -0.4 is 38.9 Å². The Hall–Kier alpha value is -3.07. The molecule has 4 amide bonds. The number of nitrogens with one attached hydrogen (secondary N) is 3. The van der Waals surface area contributed by atoms with Gasteiger partial charge in [-0.3, -0.25) is 24.2 Å². The Balaban J connectivity index is 5.48. The molecule has 0 heterocycles. The van der Waals surface area contributed by atoms with Gasteiger partial charge in [0.25, 0.3) is 0 Å². The minimum atomic E-state index is -1.36. The Morgan fingerprint density at radius 2 is 1.47 bits per heavy atom. The third kappa shape index (κ3) is 13.1. The maximum absolute atomic E-state index is 12.9. The molecule has 0 spiro atoms. The highest BCUT2D eigenvalue weighted by Gasteiger charge is 2.31. The Morgan fingerprint density at radius 1 is 0.917 bits per heavy atom. The molecule has 5 atom stereocenters. The molecular weight excluding hydrogens is 492 g/mol. The molecule has 0 bridgehead atoms. The number of nitrogens with zero attached hydrogens (tertiary/aromatic N) is 1. The van der Waals surface area contributed by atoms with Crippen molar-refractivity contribution in [3.05, 3.63) is 0 Å². The molecule has 15 heteroatoms. The monoisotopic (exact) mass is 532 g/mol. The lowest BCUT2D eigenvalue weighted by Gasteiger charge is -2.25. The van der Waals surface area contributed by atoms with Crippen LogP contribution in [0, 0.1) is 5.92 Å². The van der Waals surface area contributed by atoms with Gasteiger partial charge < -0.3 is 44.0 Å². The number of aliphatic carboxylic acids is 1. The Bertz CT molecular complexity index is 792. The molecule has 36 heavy (non-hydrogen) atoms. The average molecular weight is 533 g/mol. The third-order valence-electron chi connectivity index (χ3n) is 5.40. The summed E-state index contributed by atoms with van der Waals surface area (Å²) in [7, 11) is 0. The predicted octanol–water partition coefficient (Wildman–Crippen LogP) is -2.42. The van der Waals surface area contributed by atoms with Gasteiger partial charge in [0.05, 0.1) is 12.5 Å². The topological polar surface area (TPSA) is 258 Å². The Labute approximate surface area is 215 Å². The van der Waals surface area contributed by atoms with Crippen LogP contribution in [0.25, 0.3) is 0 Å². The van der Waals surface area contributed by atoms with Gasteiger partial charge in [-0.2, -0.15) is 11.8 Å². The van der Waals surface area contributed by atoms with Gasteiger partial charge in [0.2, 0.25) is 23.6 Å². The lowest BCUT2D eigenvalue weighted by Crippen LogP contribution is -2.58. The van der Waals surface area contributed by atoms with Gasteiger partial charge in [0.1, 0.15) is 18.1 Å². The maximum Gasteiger partial charge on any atom is 0.326 e. The zero-order valence-electron chi connectivity index (χ0n) is 21.0. The van der Waals surface area contributed by atoms with Crippen LogP contribution >= 0.6 is 11.8 Å². The zero-order valence-corrected chi connectivity index (χ0v) is 21.8. The van der Waals surface area contributed by atoms with E-state index in [1.807, 2.05) is 6.92 Å². The first kappa shape index (κ1) is 32.9. The first-order chi connectivity index (χ1) is 16.8. The number of carbonyl (C=O) groups is 5. The molecule has 0 aromatic carbocycles. The molecule has 5 unspecified atom stereocenters. The Kier molecular flexibility index (Phi) is 15.9. The van der Waals surface area contributed by atoms with Crippen molar-refractivity contribution in [2.75, 3.05) is 18.6 Å². The van der Waals surface area contributed by atoms with Crippen molar-refractivity contribution in [2.24, 2.45) is 33.8 Å². The fraction of sp³-hybridized carbons (Fsp3) is 0.714. The first-order valence-corrected chi connectivity index (χ1v) is 12.9. The summed E-state index contributed by atoms with van der Waals surface area (Å²) in [5.41, 5.74) is 21.6. The van der Waals surface area contributed by atoms with Crippen molar-refractivity contribution in [3.63, 3.8) is 0 Å². The van der Waals surface area contributed by atoms with Crippen LogP contribution in [-0.2, 0) is 24.0 Å². The summed E-state index contributed by atoms with van der Waals surface area (Å²) >= 11 is 1.41. The lowest BCUT2D eigenvalue weighted by atomic mass is 9.99. The number of guanidine groups is 1. The van der Waals surface area contributed by atoms with Crippen LogP contribution in [0.2, 0.25) is 0 Å². The largest absolute Gasteiger partial charge is 0.480 e. The van der Waals surface area contributed by atoms with E-state index >= 15 is 0 Å². The van der Waals surface area contributed by atoms with Crippen LogP contribution in [0.4, 0.5) is 0 Å². The van der Waals surface area contributed by atoms with E-state index in [9.17, 15) is 29.1 Å². The van der Waals surface area contributed by atoms with E-state index in [1.54, 1.807) is 13.2 Å². The normalized spacial score (nSPS) is 14.9. The van der Waals surface area contributed by atoms with Crippen LogP contribution in [0.15, 0.2) is 4.99 Å². The molecule has 0 aromatic rings. The molecule has 14 nitrogen and oxygen atoms in total. The van der Waals surface area contributed by atoms with Gasteiger partial charge in [0, 0.05) is 6.54 Å². The number of hydrogen-bond acceptors (Lipinski definition) is 8. The Morgan fingerprint density at radius 3 is 1.97 bits per heavy atom. The van der Waals surface area contributed by atoms with Gasteiger partial charge in [0.15, 0.2) is 5.96 Å². The summed E-state index contributed by atoms with van der Waals surface area (Å²) in [6.45, 7) is 3.81. The number of aliphatic imine (C=N–C) groups is 1. The zero-order chi connectivity index (χ0) is 27.8. The van der Waals surface area contributed by atoms with E-state index in [0.29, 0.717) is 18.6 Å². The molecule has 0 rings (SSSR count). The second kappa shape index (κ2) is 17.4. The molecule has 12 N–H and O–H groups in total. The molecule has 0 saturated carbocycles. The number of primary amides is 1. The van der Waals surface area contributed by atoms with E-state index in [2.05, 4.69) is 20.9 Å². The number of carboxylic acid groups (broad SMARTS) is 1.